The van der Waals surface area contributed by atoms with E-state index in [-0.39, 0.29) is 5.54 Å². The highest BCUT2D eigenvalue weighted by Gasteiger charge is 2.28. The summed E-state index contributed by atoms with van der Waals surface area (Å²) in [7, 11) is 0. The fourth-order valence-corrected chi connectivity index (χ4v) is 2.43. The molecule has 1 fully saturated rings. The molecule has 1 aromatic carbocycles. The van der Waals surface area contributed by atoms with Crippen LogP contribution in [0.2, 0.25) is 0 Å². The van der Waals surface area contributed by atoms with E-state index in [1.54, 1.807) is 0 Å². The number of hydrogen-bond acceptors (Lipinski definition) is 2. The maximum absolute atomic E-state index is 3.51. The standard InChI is InChI=1S/C14H22N2/c1-12-6-4-7-13(10-12)16-9-5-8-15-11-14(16,2)3/h4,6-7,10,15H,5,8-9,11H2,1-3H3. The van der Waals surface area contributed by atoms with Gasteiger partial charge in [0.2, 0.25) is 0 Å². The highest BCUT2D eigenvalue weighted by molar-refractivity contribution is 5.51. The van der Waals surface area contributed by atoms with E-state index in [1.165, 1.54) is 17.7 Å². The van der Waals surface area contributed by atoms with E-state index >= 15 is 0 Å². The minimum absolute atomic E-state index is 0.199. The highest BCUT2D eigenvalue weighted by Crippen LogP contribution is 2.25. The zero-order chi connectivity index (χ0) is 11.6. The molecule has 0 aromatic heterocycles. The second-order valence-electron chi connectivity index (χ2n) is 5.33. The molecule has 2 nitrogen and oxygen atoms in total. The third-order valence-electron chi connectivity index (χ3n) is 3.34. The van der Waals surface area contributed by atoms with Crippen LogP contribution in [-0.4, -0.2) is 25.2 Å². The molecule has 2 rings (SSSR count). The van der Waals surface area contributed by atoms with Gasteiger partial charge in [0.15, 0.2) is 0 Å². The van der Waals surface area contributed by atoms with Crippen LogP contribution >= 0.6 is 0 Å². The molecule has 0 unspecified atom stereocenters. The molecular formula is C14H22N2. The molecule has 0 spiro atoms. The lowest BCUT2D eigenvalue weighted by atomic mass is 10.0. The predicted octanol–water partition coefficient (Wildman–Crippen LogP) is 2.57. The molecule has 1 N–H and O–H groups in total. The Kier molecular flexibility index (Phi) is 3.20. The van der Waals surface area contributed by atoms with Crippen LogP contribution in [0.25, 0.3) is 0 Å². The van der Waals surface area contributed by atoms with Gasteiger partial charge in [-0.3, -0.25) is 0 Å². The average Bonchev–Trinajstić information content (AvgIpc) is 2.39. The molecule has 0 radical (unpaired) electrons. The zero-order valence-corrected chi connectivity index (χ0v) is 10.6. The zero-order valence-electron chi connectivity index (χ0n) is 10.6. The van der Waals surface area contributed by atoms with Gasteiger partial charge in [-0.2, -0.15) is 0 Å². The Labute approximate surface area is 98.7 Å². The van der Waals surface area contributed by atoms with Gasteiger partial charge in [0, 0.05) is 24.3 Å². The van der Waals surface area contributed by atoms with Crippen LogP contribution in [0, 0.1) is 6.92 Å². The van der Waals surface area contributed by atoms with E-state index in [1.807, 2.05) is 0 Å². The number of benzene rings is 1. The summed E-state index contributed by atoms with van der Waals surface area (Å²) >= 11 is 0. The first-order valence-electron chi connectivity index (χ1n) is 6.15. The van der Waals surface area contributed by atoms with Crippen molar-refractivity contribution in [2.45, 2.75) is 32.7 Å². The van der Waals surface area contributed by atoms with Crippen LogP contribution in [0.4, 0.5) is 5.69 Å². The van der Waals surface area contributed by atoms with E-state index in [0.29, 0.717) is 0 Å². The van der Waals surface area contributed by atoms with E-state index in [4.69, 9.17) is 0 Å². The quantitative estimate of drug-likeness (QED) is 0.779. The van der Waals surface area contributed by atoms with Gasteiger partial charge in [0.1, 0.15) is 0 Å². The van der Waals surface area contributed by atoms with E-state index in [9.17, 15) is 0 Å². The van der Waals surface area contributed by atoms with Crippen molar-refractivity contribution in [1.82, 2.24) is 5.32 Å². The lowest BCUT2D eigenvalue weighted by Crippen LogP contribution is -2.48. The van der Waals surface area contributed by atoms with Gasteiger partial charge in [0.05, 0.1) is 0 Å². The summed E-state index contributed by atoms with van der Waals surface area (Å²) in [5.41, 5.74) is 2.89. The first-order valence-corrected chi connectivity index (χ1v) is 6.15. The van der Waals surface area contributed by atoms with E-state index < -0.39 is 0 Å². The molecule has 1 heterocycles. The van der Waals surface area contributed by atoms with Crippen molar-refractivity contribution < 1.29 is 0 Å². The molecule has 0 saturated carbocycles. The predicted molar refractivity (Wildman–Crippen MR) is 70.1 cm³/mol. The van der Waals surface area contributed by atoms with Crippen molar-refractivity contribution in [3.05, 3.63) is 29.8 Å². The van der Waals surface area contributed by atoms with Gasteiger partial charge in [0.25, 0.3) is 0 Å². The Hall–Kier alpha value is -1.02. The molecular weight excluding hydrogens is 196 g/mol. The first kappa shape index (κ1) is 11.5. The Morgan fingerprint density at radius 1 is 1.31 bits per heavy atom. The molecule has 16 heavy (non-hydrogen) atoms. The largest absolute Gasteiger partial charge is 0.365 e. The van der Waals surface area contributed by atoms with E-state index in [0.717, 1.165) is 19.6 Å². The highest BCUT2D eigenvalue weighted by atomic mass is 15.2. The Morgan fingerprint density at radius 2 is 2.12 bits per heavy atom. The second kappa shape index (κ2) is 4.46. The molecule has 1 aliphatic rings. The summed E-state index contributed by atoms with van der Waals surface area (Å²) in [4.78, 5) is 2.53. The number of nitrogens with one attached hydrogen (secondary N) is 1. The van der Waals surface area contributed by atoms with Gasteiger partial charge >= 0.3 is 0 Å². The third-order valence-corrected chi connectivity index (χ3v) is 3.34. The Bertz CT molecular complexity index is 358. The van der Waals surface area contributed by atoms with Crippen LogP contribution in [-0.2, 0) is 0 Å². The van der Waals surface area contributed by atoms with Gasteiger partial charge in [-0.1, -0.05) is 12.1 Å². The van der Waals surface area contributed by atoms with Gasteiger partial charge in [-0.15, -0.1) is 0 Å². The van der Waals surface area contributed by atoms with Crippen molar-refractivity contribution in [1.29, 1.82) is 0 Å². The van der Waals surface area contributed by atoms with Crippen molar-refractivity contribution in [2.75, 3.05) is 24.5 Å². The molecule has 0 aliphatic carbocycles. The SMILES string of the molecule is Cc1cccc(N2CCCNCC2(C)C)c1. The Balaban J connectivity index is 2.29. The monoisotopic (exact) mass is 218 g/mol. The molecule has 2 heteroatoms. The van der Waals surface area contributed by atoms with Crippen LogP contribution in [0.5, 0.6) is 0 Å². The van der Waals surface area contributed by atoms with Crippen LogP contribution < -0.4 is 10.2 Å². The normalized spacial score (nSPS) is 20.6. The molecule has 0 atom stereocenters. The minimum atomic E-state index is 0.199. The summed E-state index contributed by atoms with van der Waals surface area (Å²) < 4.78 is 0. The van der Waals surface area contributed by atoms with Crippen molar-refractivity contribution in [3.63, 3.8) is 0 Å². The van der Waals surface area contributed by atoms with Crippen LogP contribution in [0.15, 0.2) is 24.3 Å². The number of rotatable bonds is 1. The van der Waals surface area contributed by atoms with Gasteiger partial charge in [-0.25, -0.2) is 0 Å². The smallest absolute Gasteiger partial charge is 0.0470 e. The number of hydrogen-bond donors (Lipinski definition) is 1. The third kappa shape index (κ3) is 2.38. The minimum Gasteiger partial charge on any atom is -0.365 e. The van der Waals surface area contributed by atoms with Crippen molar-refractivity contribution in [2.24, 2.45) is 0 Å². The summed E-state index contributed by atoms with van der Waals surface area (Å²) in [5.74, 6) is 0. The first-order chi connectivity index (χ1) is 7.59. The fraction of sp³-hybridized carbons (Fsp3) is 0.571. The molecule has 88 valence electrons. The Morgan fingerprint density at radius 3 is 2.88 bits per heavy atom. The fourth-order valence-electron chi connectivity index (χ4n) is 2.43. The van der Waals surface area contributed by atoms with Crippen molar-refractivity contribution >= 4 is 5.69 Å². The van der Waals surface area contributed by atoms with Crippen LogP contribution in [0.1, 0.15) is 25.8 Å². The molecule has 0 amide bonds. The van der Waals surface area contributed by atoms with Crippen LogP contribution in [0.3, 0.4) is 0 Å². The summed E-state index contributed by atoms with van der Waals surface area (Å²) in [6.45, 7) is 10.1. The summed E-state index contributed by atoms with van der Waals surface area (Å²) in [6.07, 6.45) is 1.22. The summed E-state index contributed by atoms with van der Waals surface area (Å²) in [6, 6.07) is 8.82. The van der Waals surface area contributed by atoms with Crippen molar-refractivity contribution in [3.8, 4) is 0 Å². The number of nitrogens with zero attached hydrogens (tertiary/aromatic N) is 1. The average molecular weight is 218 g/mol. The lowest BCUT2D eigenvalue weighted by Gasteiger charge is -2.39. The topological polar surface area (TPSA) is 15.3 Å². The molecule has 1 saturated heterocycles. The van der Waals surface area contributed by atoms with Gasteiger partial charge in [-0.05, 0) is 51.4 Å². The maximum atomic E-state index is 3.51. The number of aryl methyl sites for hydroxylation is 1. The van der Waals surface area contributed by atoms with Gasteiger partial charge < -0.3 is 10.2 Å². The maximum Gasteiger partial charge on any atom is 0.0470 e. The molecule has 1 aromatic rings. The lowest BCUT2D eigenvalue weighted by molar-refractivity contribution is 0.462. The van der Waals surface area contributed by atoms with E-state index in [2.05, 4.69) is 55.3 Å². The second-order valence-corrected chi connectivity index (χ2v) is 5.33. The number of anilines is 1. The molecule has 1 aliphatic heterocycles. The summed E-state index contributed by atoms with van der Waals surface area (Å²) in [5, 5.41) is 3.51. The molecule has 0 bridgehead atoms.